The molecule has 0 aliphatic carbocycles. The maximum atomic E-state index is 12.4. The number of fused-ring (bicyclic) bond motifs is 2. The fourth-order valence-electron chi connectivity index (χ4n) is 3.92. The Bertz CT molecular complexity index is 864. The third-order valence-corrected chi connectivity index (χ3v) is 5.62. The summed E-state index contributed by atoms with van der Waals surface area (Å²) in [6.07, 6.45) is 4.54. The van der Waals surface area contributed by atoms with Crippen molar-refractivity contribution in [3.63, 3.8) is 0 Å². The molecule has 15 heteroatoms. The standard InChI is InChI=1S/C14H21N7O7S/c22-13(18-27-6-9-3-11(4-16-9)20-8-15-7-17-20)12-2-1-10-5-19(12)14(23)21(10)28-29(24,25)26/h7-12,16H,1-6H2,(H,18,22)(H,24,25,26)/t9-,10+,11+,12-/m0/s1. The minimum absolute atomic E-state index is 0.0207. The van der Waals surface area contributed by atoms with Crippen molar-refractivity contribution in [2.75, 3.05) is 19.7 Å². The van der Waals surface area contributed by atoms with E-state index in [-0.39, 0.29) is 25.2 Å². The quantitative estimate of drug-likeness (QED) is 0.332. The Morgan fingerprint density at radius 3 is 2.93 bits per heavy atom. The van der Waals surface area contributed by atoms with Crippen LogP contribution in [0.2, 0.25) is 0 Å². The molecule has 0 radical (unpaired) electrons. The maximum absolute atomic E-state index is 12.4. The van der Waals surface area contributed by atoms with Gasteiger partial charge in [0.05, 0.1) is 18.7 Å². The molecule has 0 spiro atoms. The molecule has 4 heterocycles. The number of urea groups is 1. The first-order chi connectivity index (χ1) is 13.8. The number of nitrogens with zero attached hydrogens (tertiary/aromatic N) is 5. The van der Waals surface area contributed by atoms with Crippen molar-refractivity contribution in [1.82, 2.24) is 35.5 Å². The first kappa shape index (κ1) is 20.0. The third-order valence-electron chi connectivity index (χ3n) is 5.27. The number of amides is 3. The first-order valence-corrected chi connectivity index (χ1v) is 10.4. The Morgan fingerprint density at radius 1 is 1.38 bits per heavy atom. The van der Waals surface area contributed by atoms with Gasteiger partial charge in [0.25, 0.3) is 5.91 Å². The average molecular weight is 431 g/mol. The zero-order chi connectivity index (χ0) is 20.6. The van der Waals surface area contributed by atoms with E-state index in [0.717, 1.165) is 6.42 Å². The van der Waals surface area contributed by atoms with Crippen LogP contribution >= 0.6 is 0 Å². The van der Waals surface area contributed by atoms with Gasteiger partial charge in [-0.05, 0) is 19.3 Å². The van der Waals surface area contributed by atoms with Gasteiger partial charge >= 0.3 is 16.4 Å². The van der Waals surface area contributed by atoms with Crippen LogP contribution < -0.4 is 10.8 Å². The Morgan fingerprint density at radius 2 is 2.21 bits per heavy atom. The van der Waals surface area contributed by atoms with Crippen LogP contribution in [0.5, 0.6) is 0 Å². The summed E-state index contributed by atoms with van der Waals surface area (Å²) in [4.78, 5) is 35.2. The summed E-state index contributed by atoms with van der Waals surface area (Å²) in [7, 11) is -4.83. The third kappa shape index (κ3) is 4.32. The van der Waals surface area contributed by atoms with Crippen molar-refractivity contribution < 1.29 is 31.7 Å². The fourth-order valence-corrected chi connectivity index (χ4v) is 4.31. The van der Waals surface area contributed by atoms with E-state index in [1.807, 2.05) is 0 Å². The Hall–Kier alpha value is -2.33. The number of piperidine rings is 1. The zero-order valence-corrected chi connectivity index (χ0v) is 16.1. The van der Waals surface area contributed by atoms with Gasteiger partial charge in [0.1, 0.15) is 18.7 Å². The number of carbonyl (C=O) groups excluding carboxylic acids is 2. The summed E-state index contributed by atoms with van der Waals surface area (Å²) in [5, 5.41) is 7.98. The van der Waals surface area contributed by atoms with Crippen molar-refractivity contribution in [3.8, 4) is 0 Å². The van der Waals surface area contributed by atoms with Gasteiger partial charge in [0.15, 0.2) is 0 Å². The highest BCUT2D eigenvalue weighted by Gasteiger charge is 2.49. The van der Waals surface area contributed by atoms with Crippen LogP contribution in [0.4, 0.5) is 4.79 Å². The lowest BCUT2D eigenvalue weighted by molar-refractivity contribution is -0.139. The van der Waals surface area contributed by atoms with E-state index in [1.54, 1.807) is 11.0 Å². The van der Waals surface area contributed by atoms with E-state index in [0.29, 0.717) is 24.4 Å². The molecular formula is C14H21N7O7S. The minimum Gasteiger partial charge on any atom is -0.309 e. The molecule has 2 bridgehead atoms. The summed E-state index contributed by atoms with van der Waals surface area (Å²) in [6.45, 7) is 1.07. The normalized spacial score (nSPS) is 29.5. The summed E-state index contributed by atoms with van der Waals surface area (Å²) in [6, 6.07) is -1.97. The molecule has 160 valence electrons. The predicted molar refractivity (Wildman–Crippen MR) is 92.9 cm³/mol. The number of rotatable bonds is 7. The van der Waals surface area contributed by atoms with Gasteiger partial charge < -0.3 is 10.2 Å². The number of aromatic nitrogens is 3. The second-order valence-electron chi connectivity index (χ2n) is 7.16. The molecule has 3 N–H and O–H groups in total. The summed E-state index contributed by atoms with van der Waals surface area (Å²) in [5.41, 5.74) is 2.36. The van der Waals surface area contributed by atoms with Gasteiger partial charge in [-0.15, -0.1) is 4.28 Å². The molecule has 0 unspecified atom stereocenters. The van der Waals surface area contributed by atoms with Crippen molar-refractivity contribution in [1.29, 1.82) is 0 Å². The molecule has 1 aromatic rings. The van der Waals surface area contributed by atoms with Gasteiger partial charge in [0.2, 0.25) is 0 Å². The highest BCUT2D eigenvalue weighted by Crippen LogP contribution is 2.30. The van der Waals surface area contributed by atoms with E-state index >= 15 is 0 Å². The maximum Gasteiger partial charge on any atom is 0.418 e. The predicted octanol–water partition coefficient (Wildman–Crippen LogP) is -1.77. The minimum atomic E-state index is -4.83. The molecule has 3 amide bonds. The molecule has 4 rings (SSSR count). The van der Waals surface area contributed by atoms with Crippen LogP contribution in [0.15, 0.2) is 12.7 Å². The summed E-state index contributed by atoms with van der Waals surface area (Å²) in [5.74, 6) is -0.503. The number of hydroxylamine groups is 3. The lowest BCUT2D eigenvalue weighted by atomic mass is 10.0. The Labute approximate surface area is 166 Å². The second-order valence-corrected chi connectivity index (χ2v) is 8.16. The largest absolute Gasteiger partial charge is 0.418 e. The molecule has 14 nitrogen and oxygen atoms in total. The lowest BCUT2D eigenvalue weighted by Gasteiger charge is -2.29. The van der Waals surface area contributed by atoms with E-state index in [4.69, 9.17) is 9.39 Å². The van der Waals surface area contributed by atoms with E-state index < -0.39 is 34.4 Å². The molecule has 0 aromatic carbocycles. The van der Waals surface area contributed by atoms with Crippen LogP contribution in [0, 0.1) is 0 Å². The number of hydrogen-bond donors (Lipinski definition) is 3. The zero-order valence-electron chi connectivity index (χ0n) is 15.2. The van der Waals surface area contributed by atoms with Crippen LogP contribution in [0.1, 0.15) is 25.3 Å². The van der Waals surface area contributed by atoms with Crippen molar-refractivity contribution in [2.24, 2.45) is 0 Å². The van der Waals surface area contributed by atoms with Crippen molar-refractivity contribution in [2.45, 2.75) is 43.4 Å². The van der Waals surface area contributed by atoms with E-state index in [2.05, 4.69) is 25.2 Å². The molecule has 3 aliphatic heterocycles. The van der Waals surface area contributed by atoms with Crippen LogP contribution in [0.25, 0.3) is 0 Å². The first-order valence-electron chi connectivity index (χ1n) is 9.08. The monoisotopic (exact) mass is 431 g/mol. The molecular weight excluding hydrogens is 410 g/mol. The number of carbonyl (C=O) groups is 2. The molecule has 3 fully saturated rings. The van der Waals surface area contributed by atoms with Crippen molar-refractivity contribution >= 4 is 22.3 Å². The lowest BCUT2D eigenvalue weighted by Crippen LogP contribution is -2.50. The second kappa shape index (κ2) is 7.83. The van der Waals surface area contributed by atoms with Crippen LogP contribution in [0.3, 0.4) is 0 Å². The van der Waals surface area contributed by atoms with Crippen molar-refractivity contribution in [3.05, 3.63) is 12.7 Å². The smallest absolute Gasteiger partial charge is 0.309 e. The molecule has 3 aliphatic rings. The molecule has 29 heavy (non-hydrogen) atoms. The molecule has 1 aromatic heterocycles. The van der Waals surface area contributed by atoms with E-state index in [1.165, 1.54) is 11.2 Å². The summed E-state index contributed by atoms with van der Waals surface area (Å²) < 4.78 is 36.7. The molecule has 4 atom stereocenters. The van der Waals surface area contributed by atoms with Gasteiger partial charge in [-0.25, -0.2) is 19.9 Å². The van der Waals surface area contributed by atoms with Gasteiger partial charge in [0, 0.05) is 19.1 Å². The van der Waals surface area contributed by atoms with Crippen LogP contribution in [-0.2, 0) is 24.3 Å². The van der Waals surface area contributed by atoms with Crippen LogP contribution in [-0.4, -0.2) is 87.5 Å². The highest BCUT2D eigenvalue weighted by molar-refractivity contribution is 7.80. The van der Waals surface area contributed by atoms with Gasteiger partial charge in [-0.2, -0.15) is 18.6 Å². The average Bonchev–Trinajstić information content (AvgIpc) is 3.39. The fraction of sp³-hybridized carbons (Fsp3) is 0.714. The SMILES string of the molecule is O=C(NOC[C@@H]1C[C@@H](n2cncn2)CN1)[C@@H]1CC[C@@H]2CN1C(=O)N2OS(=O)(=O)O. The number of nitrogens with one attached hydrogen (secondary N) is 2. The van der Waals surface area contributed by atoms with E-state index in [9.17, 15) is 18.0 Å². The highest BCUT2D eigenvalue weighted by atomic mass is 32.3. The summed E-state index contributed by atoms with van der Waals surface area (Å²) >= 11 is 0. The molecule has 3 saturated heterocycles. The van der Waals surface area contributed by atoms with Gasteiger partial charge in [-0.3, -0.25) is 14.2 Å². The number of hydrogen-bond acceptors (Lipinski definition) is 9. The van der Waals surface area contributed by atoms with Gasteiger partial charge in [-0.1, -0.05) is 0 Å². The Balaban J connectivity index is 1.25. The topological polar surface area (TPSA) is 168 Å². The Kier molecular flexibility index (Phi) is 5.39. The molecule has 0 saturated carbocycles.